The molecule has 2 aromatic carbocycles. The maximum absolute atomic E-state index is 13.9. The number of allylic oxidation sites excluding steroid dienone is 2. The lowest BCUT2D eigenvalue weighted by molar-refractivity contribution is -0.154. The van der Waals surface area contributed by atoms with E-state index in [0.717, 1.165) is 0 Å². The second-order valence-electron chi connectivity index (χ2n) is 8.99. The zero-order valence-corrected chi connectivity index (χ0v) is 25.6. The Balaban J connectivity index is 1.60. The molecule has 1 aliphatic heterocycles. The van der Waals surface area contributed by atoms with Crippen LogP contribution in [-0.2, 0) is 9.59 Å². The van der Waals surface area contributed by atoms with Gasteiger partial charge in [-0.15, -0.1) is 23.2 Å². The Morgan fingerprint density at radius 2 is 1.23 bits per heavy atom. The molecule has 3 amide bonds. The number of hydrazine groups is 1. The number of ketones is 1. The Morgan fingerprint density at radius 1 is 0.744 bits per heavy atom. The van der Waals surface area contributed by atoms with Crippen LogP contribution in [0.3, 0.4) is 0 Å². The third-order valence-corrected chi connectivity index (χ3v) is 12.2. The van der Waals surface area contributed by atoms with Crippen molar-refractivity contribution in [2.45, 2.75) is 14.1 Å². The molecule has 204 valence electrons. The van der Waals surface area contributed by atoms with Crippen LogP contribution in [0, 0.1) is 11.8 Å². The SMILES string of the molecule is O=C(CN(C(=O)c1ccc(Cl)c(Cl)c1)N1C(=O)[C@@H]2[C@H](C1=O)[C@@]1(Cl)C(Cl)=C(Cl)[C@@]2(Cl)C1(Cl)Cl)c1ccc(Cl)cc1. The molecule has 0 spiro atoms. The standard InChI is InChI=1S/C24H11Cl9N2O4/c25-11-4-1-9(2-5-11)14(36)8-34(19(37)10-3-6-12(26)13(27)7-10)35-20(38)15-16(21(35)39)23(31)18(29)17(28)22(15,30)24(23,32)33/h1-7,15-16H,8H2/t15-,16+,22-,23-/m1/s1. The summed E-state index contributed by atoms with van der Waals surface area (Å²) in [7, 11) is 0. The number of imide groups is 1. The molecule has 15 heteroatoms. The summed E-state index contributed by atoms with van der Waals surface area (Å²) in [6, 6.07) is 9.68. The van der Waals surface area contributed by atoms with Gasteiger partial charge in [0.1, 0.15) is 16.3 Å². The van der Waals surface area contributed by atoms with E-state index >= 15 is 0 Å². The Morgan fingerprint density at radius 3 is 1.72 bits per heavy atom. The first kappa shape index (κ1) is 29.6. The first-order valence-electron chi connectivity index (χ1n) is 10.9. The molecule has 1 saturated carbocycles. The number of carbonyl (C=O) groups is 4. The Labute approximate surface area is 266 Å². The van der Waals surface area contributed by atoms with Crippen LogP contribution in [0.2, 0.25) is 15.1 Å². The molecule has 0 aromatic heterocycles. The van der Waals surface area contributed by atoms with Crippen molar-refractivity contribution in [2.24, 2.45) is 11.8 Å². The minimum Gasteiger partial charge on any atom is -0.292 e. The number of hydrogen-bond donors (Lipinski definition) is 0. The highest BCUT2D eigenvalue weighted by molar-refractivity contribution is 6.66. The summed E-state index contributed by atoms with van der Waals surface area (Å²) in [5.41, 5.74) is 0.0787. The number of Topliss-reactive ketones (excluding diaryl/α,β-unsaturated/α-hetero) is 1. The van der Waals surface area contributed by atoms with Crippen LogP contribution in [0.25, 0.3) is 0 Å². The Kier molecular flexibility index (Phi) is 7.45. The summed E-state index contributed by atoms with van der Waals surface area (Å²) >= 11 is 57.3. The third kappa shape index (κ3) is 3.90. The molecule has 3 aliphatic rings. The minimum atomic E-state index is -2.16. The van der Waals surface area contributed by atoms with Crippen molar-refractivity contribution in [1.82, 2.24) is 10.0 Å². The lowest BCUT2D eigenvalue weighted by atomic mass is 9.84. The molecule has 39 heavy (non-hydrogen) atoms. The van der Waals surface area contributed by atoms with E-state index in [1.165, 1.54) is 42.5 Å². The first-order chi connectivity index (χ1) is 18.1. The molecule has 0 radical (unpaired) electrons. The molecule has 4 atom stereocenters. The summed E-state index contributed by atoms with van der Waals surface area (Å²) in [6.07, 6.45) is 0. The molecule has 2 fully saturated rings. The summed E-state index contributed by atoms with van der Waals surface area (Å²) in [5.74, 6) is -6.58. The normalized spacial score (nSPS) is 28.8. The van der Waals surface area contributed by atoms with Gasteiger partial charge >= 0.3 is 0 Å². The number of nitrogens with zero attached hydrogens (tertiary/aromatic N) is 2. The molecule has 5 rings (SSSR count). The van der Waals surface area contributed by atoms with Crippen molar-refractivity contribution < 1.29 is 19.2 Å². The second kappa shape index (κ2) is 9.82. The van der Waals surface area contributed by atoms with E-state index in [-0.39, 0.29) is 31.2 Å². The maximum atomic E-state index is 13.9. The third-order valence-electron chi connectivity index (χ3n) is 6.99. The predicted octanol–water partition coefficient (Wildman–Crippen LogP) is 7.33. The second-order valence-corrected chi connectivity index (χ2v) is 13.5. The average Bonchev–Trinajstić information content (AvgIpc) is 3.27. The topological polar surface area (TPSA) is 74.8 Å². The zero-order chi connectivity index (χ0) is 28.8. The predicted molar refractivity (Wildman–Crippen MR) is 152 cm³/mol. The summed E-state index contributed by atoms with van der Waals surface area (Å²) in [6.45, 7) is -0.746. The number of amides is 3. The number of alkyl halides is 4. The zero-order valence-electron chi connectivity index (χ0n) is 18.8. The number of carbonyl (C=O) groups excluding carboxylic acids is 4. The molecule has 6 nitrogen and oxygen atoms in total. The number of halogens is 9. The number of hydrogen-bond acceptors (Lipinski definition) is 4. The van der Waals surface area contributed by atoms with Gasteiger partial charge in [-0.3, -0.25) is 19.2 Å². The van der Waals surface area contributed by atoms with Gasteiger partial charge in [0.2, 0.25) is 0 Å². The first-order valence-corrected chi connectivity index (χ1v) is 14.3. The molecular weight excluding hydrogens is 699 g/mol. The van der Waals surface area contributed by atoms with Gasteiger partial charge in [-0.1, -0.05) is 81.2 Å². The fourth-order valence-electron chi connectivity index (χ4n) is 5.09. The van der Waals surface area contributed by atoms with Crippen molar-refractivity contribution in [3.63, 3.8) is 0 Å². The number of rotatable bonds is 5. The highest BCUT2D eigenvalue weighted by Gasteiger charge is 2.88. The molecule has 1 saturated heterocycles. The van der Waals surface area contributed by atoms with E-state index in [2.05, 4.69) is 0 Å². The molecule has 0 N–H and O–H groups in total. The van der Waals surface area contributed by atoms with Gasteiger partial charge in [0, 0.05) is 16.1 Å². The fraction of sp³-hybridized carbons (Fsp3) is 0.250. The van der Waals surface area contributed by atoms with Crippen molar-refractivity contribution in [3.8, 4) is 0 Å². The van der Waals surface area contributed by atoms with Gasteiger partial charge in [-0.2, -0.15) is 5.01 Å². The van der Waals surface area contributed by atoms with Gasteiger partial charge in [0.05, 0.1) is 31.9 Å². The molecular formula is C24H11Cl9N2O4. The monoisotopic (exact) mass is 706 g/mol. The lowest BCUT2D eigenvalue weighted by Crippen LogP contribution is -2.56. The van der Waals surface area contributed by atoms with Gasteiger partial charge in [-0.05, 0) is 42.5 Å². The van der Waals surface area contributed by atoms with Gasteiger partial charge in [0.15, 0.2) is 10.1 Å². The lowest BCUT2D eigenvalue weighted by Gasteiger charge is -2.36. The Hall–Kier alpha value is -0.930. The number of fused-ring (bicyclic) bond motifs is 5. The molecule has 1 heterocycles. The van der Waals surface area contributed by atoms with E-state index in [1.807, 2.05) is 0 Å². The van der Waals surface area contributed by atoms with Crippen molar-refractivity contribution in [1.29, 1.82) is 0 Å². The van der Waals surface area contributed by atoms with Crippen molar-refractivity contribution in [3.05, 3.63) is 78.7 Å². The van der Waals surface area contributed by atoms with E-state index < -0.39 is 56.0 Å². The van der Waals surface area contributed by atoms with E-state index in [0.29, 0.717) is 15.0 Å². The molecule has 2 aromatic rings. The summed E-state index contributed by atoms with van der Waals surface area (Å²) < 4.78 is -2.16. The van der Waals surface area contributed by atoms with Crippen LogP contribution in [-0.4, -0.2) is 54.1 Å². The average molecular weight is 710 g/mol. The molecule has 0 unspecified atom stereocenters. The van der Waals surface area contributed by atoms with Crippen LogP contribution >= 0.6 is 104 Å². The van der Waals surface area contributed by atoms with Crippen LogP contribution in [0.4, 0.5) is 0 Å². The van der Waals surface area contributed by atoms with Crippen LogP contribution < -0.4 is 0 Å². The quantitative estimate of drug-likeness (QED) is 0.185. The summed E-state index contributed by atoms with van der Waals surface area (Å²) in [5, 5.41) is 1.13. The van der Waals surface area contributed by atoms with E-state index in [1.54, 1.807) is 0 Å². The molecule has 2 aliphatic carbocycles. The van der Waals surface area contributed by atoms with E-state index in [4.69, 9.17) is 104 Å². The smallest absolute Gasteiger partial charge is 0.273 e. The van der Waals surface area contributed by atoms with E-state index in [9.17, 15) is 19.2 Å². The van der Waals surface area contributed by atoms with Crippen LogP contribution in [0.15, 0.2) is 52.5 Å². The van der Waals surface area contributed by atoms with Gasteiger partial charge in [0.25, 0.3) is 17.7 Å². The largest absolute Gasteiger partial charge is 0.292 e. The van der Waals surface area contributed by atoms with Crippen LogP contribution in [0.1, 0.15) is 20.7 Å². The summed E-state index contributed by atoms with van der Waals surface area (Å²) in [4.78, 5) is 50.6. The maximum Gasteiger partial charge on any atom is 0.273 e. The molecule has 2 bridgehead atoms. The fourth-order valence-corrected chi connectivity index (χ4v) is 8.45. The van der Waals surface area contributed by atoms with Gasteiger partial charge in [-0.25, -0.2) is 5.01 Å². The highest BCUT2D eigenvalue weighted by Crippen LogP contribution is 2.77. The highest BCUT2D eigenvalue weighted by atomic mass is 35.5. The van der Waals surface area contributed by atoms with Crippen molar-refractivity contribution in [2.75, 3.05) is 6.54 Å². The van der Waals surface area contributed by atoms with Gasteiger partial charge < -0.3 is 0 Å². The van der Waals surface area contributed by atoms with Crippen LogP contribution in [0.5, 0.6) is 0 Å². The van der Waals surface area contributed by atoms with Crippen molar-refractivity contribution >= 4 is 128 Å². The minimum absolute atomic E-state index is 0.0248. The Bertz CT molecular complexity index is 1470. The number of benzene rings is 2.